The largest absolute Gasteiger partial charge is 0.451 e. The van der Waals surface area contributed by atoms with Gasteiger partial charge >= 0.3 is 0 Å². The normalized spacial score (nSPS) is 11.7. The molecule has 0 saturated heterocycles. The molecule has 0 fully saturated rings. The summed E-state index contributed by atoms with van der Waals surface area (Å²) in [5.41, 5.74) is 4.09. The van der Waals surface area contributed by atoms with Crippen molar-refractivity contribution in [1.82, 2.24) is 0 Å². The van der Waals surface area contributed by atoms with Crippen LogP contribution in [0.2, 0.25) is 0 Å². The van der Waals surface area contributed by atoms with Crippen LogP contribution in [0, 0.1) is 20.8 Å². The van der Waals surface area contributed by atoms with Crippen molar-refractivity contribution < 1.29 is 17.6 Å². The number of sulfonamides is 1. The van der Waals surface area contributed by atoms with E-state index in [4.69, 9.17) is 9.56 Å². The fourth-order valence-electron chi connectivity index (χ4n) is 2.61. The van der Waals surface area contributed by atoms with Crippen LogP contribution in [0.15, 0.2) is 45.7 Å². The highest BCUT2D eigenvalue weighted by molar-refractivity contribution is 7.89. The number of nitrogens with one attached hydrogen (secondary N) is 1. The van der Waals surface area contributed by atoms with E-state index in [1.807, 2.05) is 32.9 Å². The minimum atomic E-state index is -3.76. The van der Waals surface area contributed by atoms with E-state index in [0.717, 1.165) is 22.1 Å². The van der Waals surface area contributed by atoms with Gasteiger partial charge in [-0.15, -0.1) is 0 Å². The van der Waals surface area contributed by atoms with Crippen molar-refractivity contribution in [2.24, 2.45) is 5.14 Å². The first-order chi connectivity index (χ1) is 11.7. The van der Waals surface area contributed by atoms with Gasteiger partial charge in [0.2, 0.25) is 10.0 Å². The number of furan rings is 1. The summed E-state index contributed by atoms with van der Waals surface area (Å²) in [5, 5.41) is 8.66. The predicted octanol–water partition coefficient (Wildman–Crippen LogP) is 3.26. The van der Waals surface area contributed by atoms with Crippen molar-refractivity contribution in [2.75, 3.05) is 5.32 Å². The SMILES string of the molecule is Cc1cc2oc(C(=O)Nc3ccc(S(N)(=O)=O)cc3)c(C)c2cc1C. The Morgan fingerprint density at radius 2 is 1.64 bits per heavy atom. The molecule has 1 amide bonds. The van der Waals surface area contributed by atoms with E-state index in [9.17, 15) is 13.2 Å². The number of fused-ring (bicyclic) bond motifs is 1. The molecule has 1 heterocycles. The standard InChI is InChI=1S/C18H18N2O4S/c1-10-8-15-12(3)17(24-16(15)9-11(10)2)18(21)20-13-4-6-14(7-5-13)25(19,22)23/h4-9H,1-3H3,(H,20,21)(H2,19,22,23). The number of primary sulfonamides is 1. The molecule has 0 aliphatic heterocycles. The lowest BCUT2D eigenvalue weighted by Gasteiger charge is -2.05. The molecular weight excluding hydrogens is 340 g/mol. The summed E-state index contributed by atoms with van der Waals surface area (Å²) in [7, 11) is -3.76. The molecule has 0 saturated carbocycles. The fraction of sp³-hybridized carbons (Fsp3) is 0.167. The molecule has 130 valence electrons. The number of anilines is 1. The van der Waals surface area contributed by atoms with Crippen molar-refractivity contribution in [1.29, 1.82) is 0 Å². The van der Waals surface area contributed by atoms with Crippen molar-refractivity contribution >= 4 is 32.6 Å². The highest BCUT2D eigenvalue weighted by Gasteiger charge is 2.18. The van der Waals surface area contributed by atoms with Crippen LogP contribution in [0.1, 0.15) is 27.2 Å². The number of carbonyl (C=O) groups is 1. The van der Waals surface area contributed by atoms with E-state index >= 15 is 0 Å². The van der Waals surface area contributed by atoms with Gasteiger partial charge in [-0.2, -0.15) is 0 Å². The molecule has 1 aromatic heterocycles. The minimum absolute atomic E-state index is 0.0173. The quantitative estimate of drug-likeness (QED) is 0.750. The Balaban J connectivity index is 1.91. The van der Waals surface area contributed by atoms with Gasteiger partial charge in [-0.3, -0.25) is 4.79 Å². The maximum absolute atomic E-state index is 12.5. The molecule has 0 aliphatic rings. The van der Waals surface area contributed by atoms with Crippen LogP contribution < -0.4 is 10.5 Å². The molecule has 0 aliphatic carbocycles. The first kappa shape index (κ1) is 17.2. The van der Waals surface area contributed by atoms with Crippen LogP contribution in [0.25, 0.3) is 11.0 Å². The summed E-state index contributed by atoms with van der Waals surface area (Å²) < 4.78 is 28.2. The summed E-state index contributed by atoms with van der Waals surface area (Å²) in [6, 6.07) is 9.54. The van der Waals surface area contributed by atoms with Crippen LogP contribution in [-0.4, -0.2) is 14.3 Å². The zero-order valence-electron chi connectivity index (χ0n) is 14.1. The average Bonchev–Trinajstić information content (AvgIpc) is 2.84. The Hall–Kier alpha value is -2.64. The Labute approximate surface area is 145 Å². The summed E-state index contributed by atoms with van der Waals surface area (Å²) in [4.78, 5) is 12.5. The number of amides is 1. The van der Waals surface area contributed by atoms with E-state index in [1.54, 1.807) is 0 Å². The third-order valence-electron chi connectivity index (χ3n) is 4.20. The van der Waals surface area contributed by atoms with E-state index < -0.39 is 15.9 Å². The predicted molar refractivity (Wildman–Crippen MR) is 96.2 cm³/mol. The van der Waals surface area contributed by atoms with Gasteiger partial charge in [0.15, 0.2) is 5.76 Å². The Kier molecular flexibility index (Phi) is 4.14. The van der Waals surface area contributed by atoms with Crippen LogP contribution in [-0.2, 0) is 10.0 Å². The summed E-state index contributed by atoms with van der Waals surface area (Å²) in [5.74, 6) is -0.164. The van der Waals surface area contributed by atoms with Gasteiger partial charge in [0, 0.05) is 16.6 Å². The minimum Gasteiger partial charge on any atom is -0.451 e. The van der Waals surface area contributed by atoms with Crippen LogP contribution >= 0.6 is 0 Å². The number of rotatable bonds is 3. The lowest BCUT2D eigenvalue weighted by atomic mass is 10.1. The molecule has 3 rings (SSSR count). The van der Waals surface area contributed by atoms with E-state index in [1.165, 1.54) is 24.3 Å². The molecule has 2 aromatic carbocycles. The maximum Gasteiger partial charge on any atom is 0.291 e. The smallest absolute Gasteiger partial charge is 0.291 e. The topological polar surface area (TPSA) is 102 Å². The number of carbonyl (C=O) groups excluding carboxylic acids is 1. The monoisotopic (exact) mass is 358 g/mol. The van der Waals surface area contributed by atoms with Gasteiger partial charge in [0.25, 0.3) is 5.91 Å². The summed E-state index contributed by atoms with van der Waals surface area (Å²) >= 11 is 0. The molecule has 25 heavy (non-hydrogen) atoms. The van der Waals surface area contributed by atoms with Crippen molar-refractivity contribution in [3.63, 3.8) is 0 Å². The number of aryl methyl sites for hydroxylation is 3. The zero-order valence-corrected chi connectivity index (χ0v) is 14.9. The lowest BCUT2D eigenvalue weighted by Crippen LogP contribution is -2.14. The summed E-state index contributed by atoms with van der Waals surface area (Å²) in [6.45, 7) is 5.83. The fourth-order valence-corrected chi connectivity index (χ4v) is 3.12. The van der Waals surface area contributed by atoms with E-state index in [-0.39, 0.29) is 10.7 Å². The molecule has 0 atom stereocenters. The molecule has 0 spiro atoms. The molecule has 3 N–H and O–H groups in total. The van der Waals surface area contributed by atoms with Gasteiger partial charge in [0.1, 0.15) is 5.58 Å². The molecule has 6 nitrogen and oxygen atoms in total. The van der Waals surface area contributed by atoms with Crippen molar-refractivity contribution in [3.05, 3.63) is 58.8 Å². The van der Waals surface area contributed by atoms with Gasteiger partial charge in [-0.25, -0.2) is 13.6 Å². The number of hydrogen-bond donors (Lipinski definition) is 2. The summed E-state index contributed by atoms with van der Waals surface area (Å²) in [6.07, 6.45) is 0. The van der Waals surface area contributed by atoms with E-state index in [0.29, 0.717) is 11.3 Å². The van der Waals surface area contributed by atoms with Gasteiger partial charge < -0.3 is 9.73 Å². The van der Waals surface area contributed by atoms with Crippen LogP contribution in [0.3, 0.4) is 0 Å². The number of hydrogen-bond acceptors (Lipinski definition) is 4. The number of nitrogens with two attached hydrogens (primary N) is 1. The third kappa shape index (κ3) is 3.29. The Morgan fingerprint density at radius 3 is 2.24 bits per heavy atom. The van der Waals surface area contributed by atoms with Crippen LogP contribution in [0.4, 0.5) is 5.69 Å². The molecule has 3 aromatic rings. The number of benzene rings is 2. The zero-order chi connectivity index (χ0) is 18.4. The third-order valence-corrected chi connectivity index (χ3v) is 5.13. The lowest BCUT2D eigenvalue weighted by molar-refractivity contribution is 0.0998. The molecule has 0 radical (unpaired) electrons. The van der Waals surface area contributed by atoms with Gasteiger partial charge in [-0.1, -0.05) is 0 Å². The average molecular weight is 358 g/mol. The molecule has 7 heteroatoms. The van der Waals surface area contributed by atoms with Gasteiger partial charge in [0.05, 0.1) is 4.90 Å². The first-order valence-electron chi connectivity index (χ1n) is 7.61. The second-order valence-corrected chi connectivity index (χ2v) is 7.57. The Morgan fingerprint density at radius 1 is 1.04 bits per heavy atom. The second kappa shape index (κ2) is 6.02. The van der Waals surface area contributed by atoms with Gasteiger partial charge in [-0.05, 0) is 68.3 Å². The second-order valence-electron chi connectivity index (χ2n) is 6.01. The van der Waals surface area contributed by atoms with E-state index in [2.05, 4.69) is 5.32 Å². The van der Waals surface area contributed by atoms with Crippen molar-refractivity contribution in [3.8, 4) is 0 Å². The van der Waals surface area contributed by atoms with Crippen LogP contribution in [0.5, 0.6) is 0 Å². The highest BCUT2D eigenvalue weighted by Crippen LogP contribution is 2.28. The maximum atomic E-state index is 12.5. The molecular formula is C18H18N2O4S. The Bertz CT molecular complexity index is 1080. The molecule has 0 unspecified atom stereocenters. The molecule has 0 bridgehead atoms. The van der Waals surface area contributed by atoms with Crippen molar-refractivity contribution in [2.45, 2.75) is 25.7 Å². The first-order valence-corrected chi connectivity index (χ1v) is 9.16. The highest BCUT2D eigenvalue weighted by atomic mass is 32.2.